The normalized spacial score (nSPS) is 33.1. The second kappa shape index (κ2) is 5.16. The van der Waals surface area contributed by atoms with Crippen LogP contribution in [0.5, 0.6) is 5.75 Å². The summed E-state index contributed by atoms with van der Waals surface area (Å²) in [6.45, 7) is 1.23. The van der Waals surface area contributed by atoms with Crippen LogP contribution >= 0.6 is 0 Å². The van der Waals surface area contributed by atoms with Crippen LogP contribution in [0, 0.1) is 17.8 Å². The summed E-state index contributed by atoms with van der Waals surface area (Å²) in [7, 11) is 6.17. The molecule has 1 aromatic carbocycles. The van der Waals surface area contributed by atoms with E-state index < -0.39 is 0 Å². The number of ether oxygens (including phenoxy) is 1. The molecule has 0 aliphatic heterocycles. The lowest BCUT2D eigenvalue weighted by atomic mass is 9.75. The molecule has 0 spiro atoms. The largest absolute Gasteiger partial charge is 0.497 e. The molecule has 2 saturated carbocycles. The van der Waals surface area contributed by atoms with Gasteiger partial charge in [-0.15, -0.1) is 0 Å². The van der Waals surface area contributed by atoms with Crippen molar-refractivity contribution in [3.8, 4) is 5.75 Å². The van der Waals surface area contributed by atoms with Crippen LogP contribution < -0.4 is 4.74 Å². The van der Waals surface area contributed by atoms with Crippen molar-refractivity contribution >= 4 is 0 Å². The molecule has 19 heavy (non-hydrogen) atoms. The van der Waals surface area contributed by atoms with Gasteiger partial charge in [-0.25, -0.2) is 0 Å². The van der Waals surface area contributed by atoms with Crippen molar-refractivity contribution < 1.29 is 4.74 Å². The minimum atomic E-state index is 0.747. The topological polar surface area (TPSA) is 12.5 Å². The fourth-order valence-corrected chi connectivity index (χ4v) is 4.46. The van der Waals surface area contributed by atoms with Gasteiger partial charge in [0, 0.05) is 6.54 Å². The summed E-state index contributed by atoms with van der Waals surface area (Å²) in [5.74, 6) is 4.44. The van der Waals surface area contributed by atoms with Crippen LogP contribution in [-0.4, -0.2) is 32.6 Å². The number of hydrogen-bond donors (Lipinski definition) is 0. The van der Waals surface area contributed by atoms with Gasteiger partial charge in [-0.2, -0.15) is 0 Å². The highest BCUT2D eigenvalue weighted by Gasteiger charge is 2.47. The van der Waals surface area contributed by atoms with Crippen molar-refractivity contribution in [3.05, 3.63) is 29.8 Å². The number of hydrogen-bond acceptors (Lipinski definition) is 2. The Morgan fingerprint density at radius 2 is 2.00 bits per heavy atom. The van der Waals surface area contributed by atoms with Crippen LogP contribution in [-0.2, 0) is 0 Å². The Kier molecular flexibility index (Phi) is 3.53. The summed E-state index contributed by atoms with van der Waals surface area (Å²) in [5, 5.41) is 0. The van der Waals surface area contributed by atoms with Gasteiger partial charge < -0.3 is 9.64 Å². The summed E-state index contributed by atoms with van der Waals surface area (Å²) >= 11 is 0. The van der Waals surface area contributed by atoms with E-state index in [4.69, 9.17) is 4.74 Å². The Bertz CT molecular complexity index is 443. The number of fused-ring (bicyclic) bond motifs is 2. The molecule has 2 aliphatic rings. The molecular formula is C17H25NO. The number of methoxy groups -OCH3 is 1. The zero-order valence-electron chi connectivity index (χ0n) is 12.3. The average molecular weight is 259 g/mol. The van der Waals surface area contributed by atoms with Gasteiger partial charge >= 0.3 is 0 Å². The first-order valence-corrected chi connectivity index (χ1v) is 7.47. The third-order valence-corrected chi connectivity index (χ3v) is 5.14. The van der Waals surface area contributed by atoms with Gasteiger partial charge in [0.05, 0.1) is 7.11 Å². The third kappa shape index (κ3) is 2.38. The first kappa shape index (κ1) is 13.0. The van der Waals surface area contributed by atoms with E-state index in [0.717, 1.165) is 29.4 Å². The third-order valence-electron chi connectivity index (χ3n) is 5.14. The minimum absolute atomic E-state index is 0.747. The van der Waals surface area contributed by atoms with Gasteiger partial charge in [-0.05, 0) is 74.7 Å². The van der Waals surface area contributed by atoms with Crippen molar-refractivity contribution in [1.29, 1.82) is 0 Å². The lowest BCUT2D eigenvalue weighted by Crippen LogP contribution is -2.30. The highest BCUT2D eigenvalue weighted by molar-refractivity contribution is 5.33. The zero-order valence-corrected chi connectivity index (χ0v) is 12.3. The van der Waals surface area contributed by atoms with Crippen molar-refractivity contribution in [2.75, 3.05) is 27.7 Å². The van der Waals surface area contributed by atoms with E-state index in [1.54, 1.807) is 7.11 Å². The quantitative estimate of drug-likeness (QED) is 0.822. The van der Waals surface area contributed by atoms with Crippen molar-refractivity contribution in [3.63, 3.8) is 0 Å². The van der Waals surface area contributed by atoms with E-state index in [9.17, 15) is 0 Å². The summed E-state index contributed by atoms with van der Waals surface area (Å²) in [6, 6.07) is 8.76. The van der Waals surface area contributed by atoms with Crippen LogP contribution in [0.3, 0.4) is 0 Å². The highest BCUT2D eigenvalue weighted by Crippen LogP contribution is 2.56. The molecular weight excluding hydrogens is 234 g/mol. The van der Waals surface area contributed by atoms with E-state index in [0.29, 0.717) is 0 Å². The molecule has 2 aliphatic carbocycles. The van der Waals surface area contributed by atoms with Crippen LogP contribution in [0.2, 0.25) is 0 Å². The highest BCUT2D eigenvalue weighted by atomic mass is 16.5. The second-order valence-corrected chi connectivity index (χ2v) is 6.56. The van der Waals surface area contributed by atoms with E-state index in [-0.39, 0.29) is 0 Å². The summed E-state index contributed by atoms with van der Waals surface area (Å²) in [5.41, 5.74) is 1.50. The van der Waals surface area contributed by atoms with Crippen molar-refractivity contribution in [1.82, 2.24) is 4.90 Å². The van der Waals surface area contributed by atoms with Crippen LogP contribution in [0.25, 0.3) is 0 Å². The Balaban J connectivity index is 1.88. The lowest BCUT2D eigenvalue weighted by molar-refractivity contribution is 0.219. The molecule has 0 N–H and O–H groups in total. The second-order valence-electron chi connectivity index (χ2n) is 6.56. The lowest BCUT2D eigenvalue weighted by Gasteiger charge is -2.33. The molecule has 104 valence electrons. The molecule has 2 heteroatoms. The Labute approximate surface area is 116 Å². The van der Waals surface area contributed by atoms with Crippen LogP contribution in [0.1, 0.15) is 30.7 Å². The molecule has 0 heterocycles. The maximum Gasteiger partial charge on any atom is 0.119 e. The van der Waals surface area contributed by atoms with E-state index in [2.05, 4.69) is 43.3 Å². The molecule has 1 aromatic rings. The fraction of sp³-hybridized carbons (Fsp3) is 0.647. The van der Waals surface area contributed by atoms with Gasteiger partial charge in [0.2, 0.25) is 0 Å². The number of rotatable bonds is 4. The predicted molar refractivity (Wildman–Crippen MR) is 78.6 cm³/mol. The molecule has 0 amide bonds. The molecule has 4 atom stereocenters. The molecule has 2 bridgehead atoms. The van der Waals surface area contributed by atoms with Crippen molar-refractivity contribution in [2.45, 2.75) is 25.2 Å². The van der Waals surface area contributed by atoms with Gasteiger partial charge in [-0.3, -0.25) is 0 Å². The molecule has 3 rings (SSSR count). The minimum Gasteiger partial charge on any atom is -0.497 e. The van der Waals surface area contributed by atoms with Gasteiger partial charge in [0.1, 0.15) is 5.75 Å². The predicted octanol–water partition coefficient (Wildman–Crippen LogP) is 3.39. The summed E-state index contributed by atoms with van der Waals surface area (Å²) < 4.78 is 5.40. The molecule has 2 fully saturated rings. The molecule has 0 aromatic heterocycles. The van der Waals surface area contributed by atoms with E-state index in [1.165, 1.54) is 31.4 Å². The summed E-state index contributed by atoms with van der Waals surface area (Å²) in [6.07, 6.45) is 4.32. The maximum absolute atomic E-state index is 5.40. The smallest absolute Gasteiger partial charge is 0.119 e. The Morgan fingerprint density at radius 3 is 2.74 bits per heavy atom. The van der Waals surface area contributed by atoms with Gasteiger partial charge in [0.25, 0.3) is 0 Å². The van der Waals surface area contributed by atoms with Gasteiger partial charge in [0.15, 0.2) is 0 Å². The van der Waals surface area contributed by atoms with Crippen LogP contribution in [0.15, 0.2) is 24.3 Å². The van der Waals surface area contributed by atoms with Crippen molar-refractivity contribution in [2.24, 2.45) is 17.8 Å². The standard InChI is InChI=1S/C17H25NO/c1-18(2)11-16-12-7-8-14(9-12)17(16)13-5-4-6-15(10-13)19-3/h4-6,10,12,14,16-17H,7-9,11H2,1-3H3/t12-,14+,16-,17-/m1/s1. The SMILES string of the molecule is COc1cccc([C@@H]2[C@H]3CC[C@H](C3)[C@H]2CN(C)C)c1. The van der Waals surface area contributed by atoms with Gasteiger partial charge in [-0.1, -0.05) is 12.1 Å². The molecule has 0 radical (unpaired) electrons. The van der Waals surface area contributed by atoms with E-state index in [1.807, 2.05) is 0 Å². The first-order chi connectivity index (χ1) is 9.19. The van der Waals surface area contributed by atoms with E-state index >= 15 is 0 Å². The van der Waals surface area contributed by atoms with Crippen LogP contribution in [0.4, 0.5) is 0 Å². The molecule has 0 unspecified atom stereocenters. The monoisotopic (exact) mass is 259 g/mol. The maximum atomic E-state index is 5.40. The average Bonchev–Trinajstić information content (AvgIpc) is 2.99. The summed E-state index contributed by atoms with van der Waals surface area (Å²) in [4.78, 5) is 2.36. The number of benzene rings is 1. The molecule has 0 saturated heterocycles. The fourth-order valence-electron chi connectivity index (χ4n) is 4.46. The Hall–Kier alpha value is -1.02. The molecule has 2 nitrogen and oxygen atoms in total. The number of nitrogens with zero attached hydrogens (tertiary/aromatic N) is 1. The Morgan fingerprint density at radius 1 is 1.21 bits per heavy atom. The first-order valence-electron chi connectivity index (χ1n) is 7.47. The zero-order chi connectivity index (χ0) is 13.4.